The summed E-state index contributed by atoms with van der Waals surface area (Å²) in [6, 6.07) is 16.5. The third-order valence-electron chi connectivity index (χ3n) is 3.06. The highest BCUT2D eigenvalue weighted by atomic mass is 35.5. The molecule has 1 heterocycles. The summed E-state index contributed by atoms with van der Waals surface area (Å²) in [5, 5.41) is 4.36. The number of hydrogen-bond donors (Lipinski definition) is 1. The number of rotatable bonds is 4. The van der Waals surface area contributed by atoms with E-state index >= 15 is 0 Å². The first-order chi connectivity index (χ1) is 10.7. The van der Waals surface area contributed by atoms with Gasteiger partial charge in [-0.1, -0.05) is 29.8 Å². The molecule has 22 heavy (non-hydrogen) atoms. The van der Waals surface area contributed by atoms with E-state index in [1.165, 1.54) is 0 Å². The number of halogens is 1. The van der Waals surface area contributed by atoms with Gasteiger partial charge in [-0.25, -0.2) is 0 Å². The lowest BCUT2D eigenvalue weighted by atomic mass is 10.2. The first-order valence-electron chi connectivity index (χ1n) is 6.74. The summed E-state index contributed by atoms with van der Waals surface area (Å²) < 4.78 is 5.39. The van der Waals surface area contributed by atoms with Gasteiger partial charge in [0.15, 0.2) is 6.61 Å². The zero-order chi connectivity index (χ0) is 15.4. The fourth-order valence-electron chi connectivity index (χ4n) is 2.02. The van der Waals surface area contributed by atoms with Crippen LogP contribution < -0.4 is 10.1 Å². The van der Waals surface area contributed by atoms with Crippen LogP contribution in [0.1, 0.15) is 0 Å². The molecular weight excluding hydrogens is 300 g/mol. The Morgan fingerprint density at radius 2 is 1.91 bits per heavy atom. The highest BCUT2D eigenvalue weighted by Gasteiger charge is 2.05. The number of ether oxygens (including phenoxy) is 1. The van der Waals surface area contributed by atoms with Gasteiger partial charge in [0.1, 0.15) is 5.75 Å². The van der Waals surface area contributed by atoms with Gasteiger partial charge in [-0.15, -0.1) is 0 Å². The topological polar surface area (TPSA) is 51.2 Å². The first-order valence-corrected chi connectivity index (χ1v) is 7.11. The Hall–Kier alpha value is -2.59. The van der Waals surface area contributed by atoms with E-state index in [4.69, 9.17) is 16.3 Å². The number of hydrogen-bond acceptors (Lipinski definition) is 3. The second kappa shape index (κ2) is 6.45. The number of amides is 1. The normalized spacial score (nSPS) is 10.4. The maximum Gasteiger partial charge on any atom is 0.262 e. The minimum absolute atomic E-state index is 0.0749. The Labute approximate surface area is 132 Å². The number of para-hydroxylation sites is 1. The average Bonchev–Trinajstić information content (AvgIpc) is 2.54. The van der Waals surface area contributed by atoms with Crippen LogP contribution in [0.3, 0.4) is 0 Å². The predicted molar refractivity (Wildman–Crippen MR) is 87.3 cm³/mol. The summed E-state index contributed by atoms with van der Waals surface area (Å²) in [6.45, 7) is -0.0749. The third kappa shape index (κ3) is 3.54. The summed E-state index contributed by atoms with van der Waals surface area (Å²) in [4.78, 5) is 16.2. The summed E-state index contributed by atoms with van der Waals surface area (Å²) in [5.74, 6) is 0.350. The smallest absolute Gasteiger partial charge is 0.262 e. The van der Waals surface area contributed by atoms with Gasteiger partial charge >= 0.3 is 0 Å². The van der Waals surface area contributed by atoms with E-state index in [2.05, 4.69) is 10.3 Å². The number of nitrogens with one attached hydrogen (secondary N) is 1. The Bertz CT molecular complexity index is 803. The molecule has 1 aromatic heterocycles. The number of aromatic nitrogens is 1. The molecule has 3 aromatic rings. The molecule has 0 atom stereocenters. The summed E-state index contributed by atoms with van der Waals surface area (Å²) >= 11 is 5.79. The Morgan fingerprint density at radius 3 is 2.73 bits per heavy atom. The molecule has 5 heteroatoms. The molecule has 0 bridgehead atoms. The maximum atomic E-state index is 11.9. The van der Waals surface area contributed by atoms with Crippen LogP contribution in [0.5, 0.6) is 5.75 Å². The third-order valence-corrected chi connectivity index (χ3v) is 3.31. The van der Waals surface area contributed by atoms with Crippen molar-refractivity contribution in [1.29, 1.82) is 0 Å². The van der Waals surface area contributed by atoms with Crippen LogP contribution in [0.15, 0.2) is 60.8 Å². The van der Waals surface area contributed by atoms with E-state index in [1.54, 1.807) is 30.5 Å². The Morgan fingerprint density at radius 1 is 1.14 bits per heavy atom. The fraction of sp³-hybridized carbons (Fsp3) is 0.0588. The molecule has 0 aliphatic carbocycles. The lowest BCUT2D eigenvalue weighted by molar-refractivity contribution is -0.118. The molecule has 0 saturated carbocycles. The van der Waals surface area contributed by atoms with Crippen molar-refractivity contribution in [2.75, 3.05) is 11.9 Å². The highest BCUT2D eigenvalue weighted by Crippen LogP contribution is 2.17. The molecule has 4 nitrogen and oxygen atoms in total. The van der Waals surface area contributed by atoms with Crippen molar-refractivity contribution >= 4 is 34.1 Å². The molecule has 0 aliphatic rings. The number of benzene rings is 2. The van der Waals surface area contributed by atoms with Crippen LogP contribution in [0.4, 0.5) is 5.69 Å². The quantitative estimate of drug-likeness (QED) is 0.794. The van der Waals surface area contributed by atoms with Crippen molar-refractivity contribution in [2.45, 2.75) is 0 Å². The van der Waals surface area contributed by atoms with Crippen molar-refractivity contribution in [1.82, 2.24) is 4.98 Å². The molecule has 1 N–H and O–H groups in total. The number of anilines is 1. The second-order valence-electron chi connectivity index (χ2n) is 4.71. The molecule has 2 aromatic carbocycles. The predicted octanol–water partition coefficient (Wildman–Crippen LogP) is 3.91. The number of carbonyl (C=O) groups excluding carboxylic acids is 1. The first kappa shape index (κ1) is 14.4. The average molecular weight is 313 g/mol. The summed E-state index contributed by atoms with van der Waals surface area (Å²) in [5.41, 5.74) is 1.53. The maximum absolute atomic E-state index is 11.9. The zero-order valence-corrected chi connectivity index (χ0v) is 12.4. The Kier molecular flexibility index (Phi) is 4.21. The van der Waals surface area contributed by atoms with E-state index < -0.39 is 0 Å². The molecule has 0 spiro atoms. The highest BCUT2D eigenvalue weighted by molar-refractivity contribution is 6.30. The van der Waals surface area contributed by atoms with Gasteiger partial charge in [-0.2, -0.15) is 0 Å². The van der Waals surface area contributed by atoms with Crippen LogP contribution >= 0.6 is 11.6 Å². The van der Waals surface area contributed by atoms with E-state index in [0.717, 1.165) is 10.9 Å². The summed E-state index contributed by atoms with van der Waals surface area (Å²) in [6.07, 6.45) is 1.63. The molecule has 0 aliphatic heterocycles. The van der Waals surface area contributed by atoms with Crippen LogP contribution in [0.25, 0.3) is 10.9 Å². The number of carbonyl (C=O) groups is 1. The number of nitrogens with zero attached hydrogens (tertiary/aromatic N) is 1. The van der Waals surface area contributed by atoms with Crippen LogP contribution in [-0.2, 0) is 4.79 Å². The SMILES string of the molecule is O=C(COc1ccc(Cl)cc1)Nc1cnc2ccccc2c1. The van der Waals surface area contributed by atoms with E-state index in [9.17, 15) is 4.79 Å². The molecule has 0 unspecified atom stereocenters. The van der Waals surface area contributed by atoms with Crippen molar-refractivity contribution in [2.24, 2.45) is 0 Å². The lowest BCUT2D eigenvalue weighted by Gasteiger charge is -2.08. The molecule has 1 amide bonds. The van der Waals surface area contributed by atoms with Gasteiger partial charge in [0.2, 0.25) is 0 Å². The van der Waals surface area contributed by atoms with Crippen LogP contribution in [0.2, 0.25) is 5.02 Å². The molecule has 0 saturated heterocycles. The van der Waals surface area contributed by atoms with Gasteiger partial charge in [-0.3, -0.25) is 9.78 Å². The minimum Gasteiger partial charge on any atom is -0.484 e. The van der Waals surface area contributed by atoms with E-state index in [1.807, 2.05) is 30.3 Å². The van der Waals surface area contributed by atoms with Crippen molar-refractivity contribution in [3.05, 3.63) is 65.8 Å². The van der Waals surface area contributed by atoms with Gasteiger partial charge < -0.3 is 10.1 Å². The van der Waals surface area contributed by atoms with Gasteiger partial charge in [0, 0.05) is 10.4 Å². The minimum atomic E-state index is -0.243. The van der Waals surface area contributed by atoms with Crippen LogP contribution in [0, 0.1) is 0 Å². The van der Waals surface area contributed by atoms with Gasteiger partial charge in [0.25, 0.3) is 5.91 Å². The van der Waals surface area contributed by atoms with Crippen LogP contribution in [-0.4, -0.2) is 17.5 Å². The standard InChI is InChI=1S/C17H13ClN2O2/c18-13-5-7-15(8-6-13)22-11-17(21)20-14-9-12-3-1-2-4-16(12)19-10-14/h1-10H,11H2,(H,20,21). The van der Waals surface area contributed by atoms with Crippen molar-refractivity contribution in [3.63, 3.8) is 0 Å². The summed E-state index contributed by atoms with van der Waals surface area (Å²) in [7, 11) is 0. The van der Waals surface area contributed by atoms with E-state index in [0.29, 0.717) is 16.5 Å². The zero-order valence-electron chi connectivity index (χ0n) is 11.6. The van der Waals surface area contributed by atoms with Crippen molar-refractivity contribution in [3.8, 4) is 5.75 Å². The lowest BCUT2D eigenvalue weighted by Crippen LogP contribution is -2.20. The molecular formula is C17H13ClN2O2. The van der Waals surface area contributed by atoms with Gasteiger partial charge in [-0.05, 0) is 36.4 Å². The molecule has 0 fully saturated rings. The van der Waals surface area contributed by atoms with Gasteiger partial charge in [0.05, 0.1) is 17.4 Å². The van der Waals surface area contributed by atoms with Crippen molar-refractivity contribution < 1.29 is 9.53 Å². The molecule has 0 radical (unpaired) electrons. The fourth-order valence-corrected chi connectivity index (χ4v) is 2.14. The molecule has 110 valence electrons. The Balaban J connectivity index is 1.61. The number of fused-ring (bicyclic) bond motifs is 1. The monoisotopic (exact) mass is 312 g/mol. The largest absolute Gasteiger partial charge is 0.484 e. The second-order valence-corrected chi connectivity index (χ2v) is 5.14. The molecule has 3 rings (SSSR count). The van der Waals surface area contributed by atoms with E-state index in [-0.39, 0.29) is 12.5 Å². The number of pyridine rings is 1.